The molecule has 0 radical (unpaired) electrons. The number of carbonyl (C=O) groups excluding carboxylic acids is 2. The van der Waals surface area contributed by atoms with Gasteiger partial charge in [0.25, 0.3) is 31.9 Å². The molecule has 314 valence electrons. The molecule has 6 aromatic rings. The molecule has 6 aromatic carbocycles. The van der Waals surface area contributed by atoms with E-state index in [1.54, 1.807) is 60.7 Å². The lowest BCUT2D eigenvalue weighted by Gasteiger charge is -2.24. The van der Waals surface area contributed by atoms with Crippen molar-refractivity contribution in [2.24, 2.45) is 0 Å². The third kappa shape index (κ3) is 8.92. The highest BCUT2D eigenvalue weighted by Crippen LogP contribution is 2.37. The number of sulfonamides is 2. The van der Waals surface area contributed by atoms with Gasteiger partial charge >= 0.3 is 0 Å². The van der Waals surface area contributed by atoms with E-state index in [9.17, 15) is 26.4 Å². The number of fused-ring (bicyclic) bond motifs is 1. The second kappa shape index (κ2) is 17.3. The summed E-state index contributed by atoms with van der Waals surface area (Å²) in [7, 11) is -3.84. The quantitative estimate of drug-likeness (QED) is 0.117. The topological polar surface area (TPSA) is 151 Å². The van der Waals surface area contributed by atoms with Crippen molar-refractivity contribution in [2.45, 2.75) is 42.5 Å². The average molecular weight is 879 g/mol. The number of anilines is 4. The van der Waals surface area contributed by atoms with Crippen LogP contribution < -0.4 is 28.7 Å². The fraction of sp³-hybridized carbons (Fsp3) is 0.174. The third-order valence-electron chi connectivity index (χ3n) is 10.4. The van der Waals surface area contributed by atoms with E-state index in [-0.39, 0.29) is 38.4 Å². The molecule has 7 rings (SSSR count). The van der Waals surface area contributed by atoms with Gasteiger partial charge in [-0.25, -0.2) is 16.8 Å². The predicted octanol–water partition coefficient (Wildman–Crippen LogP) is 8.73. The Balaban J connectivity index is 1.21. The maximum atomic E-state index is 14.3. The van der Waals surface area contributed by atoms with Gasteiger partial charge in [0.15, 0.2) is 0 Å². The number of para-hydroxylation sites is 1. The molecule has 2 N–H and O–H groups in total. The number of hydrogen-bond acceptors (Lipinski definition) is 8. The summed E-state index contributed by atoms with van der Waals surface area (Å²) < 4.78 is 69.5. The van der Waals surface area contributed by atoms with E-state index in [1.807, 2.05) is 38.1 Å². The Bertz CT molecular complexity index is 2890. The van der Waals surface area contributed by atoms with Crippen LogP contribution >= 0.6 is 11.6 Å². The van der Waals surface area contributed by atoms with Crippen molar-refractivity contribution in [3.8, 4) is 11.5 Å². The molecule has 1 unspecified atom stereocenters. The smallest absolute Gasteiger partial charge is 0.264 e. The second-order valence-electron chi connectivity index (χ2n) is 14.6. The number of amides is 2. The fourth-order valence-corrected chi connectivity index (χ4v) is 10.6. The fourth-order valence-electron chi connectivity index (χ4n) is 7.30. The highest BCUT2D eigenvalue weighted by atomic mass is 35.5. The summed E-state index contributed by atoms with van der Waals surface area (Å²) in [4.78, 5) is 27.6. The molecule has 0 spiro atoms. The number of ether oxygens (including phenoxy) is 2. The first-order valence-corrected chi connectivity index (χ1v) is 22.4. The molecular weight excluding hydrogens is 836 g/mol. The first kappa shape index (κ1) is 42.8. The van der Waals surface area contributed by atoms with Crippen LogP contribution in [-0.4, -0.2) is 56.0 Å². The molecule has 0 bridgehead atoms. The van der Waals surface area contributed by atoms with Gasteiger partial charge in [0, 0.05) is 35.6 Å². The van der Waals surface area contributed by atoms with Gasteiger partial charge in [-0.2, -0.15) is 0 Å². The maximum Gasteiger partial charge on any atom is 0.264 e. The highest BCUT2D eigenvalue weighted by molar-refractivity contribution is 7.93. The van der Waals surface area contributed by atoms with Crippen LogP contribution in [0.3, 0.4) is 0 Å². The van der Waals surface area contributed by atoms with E-state index in [4.69, 9.17) is 21.1 Å². The van der Waals surface area contributed by atoms with Crippen molar-refractivity contribution >= 4 is 66.2 Å². The van der Waals surface area contributed by atoms with Crippen LogP contribution in [0.15, 0.2) is 137 Å². The van der Waals surface area contributed by atoms with Crippen LogP contribution in [0.1, 0.15) is 49.9 Å². The molecule has 1 aliphatic heterocycles. The zero-order chi connectivity index (χ0) is 43.6. The normalized spacial score (nSPS) is 13.6. The number of nitrogens with one attached hydrogen (secondary N) is 2. The molecular formula is C46H43ClN4O8S2. The van der Waals surface area contributed by atoms with E-state index in [2.05, 4.69) is 10.6 Å². The van der Waals surface area contributed by atoms with Crippen molar-refractivity contribution in [1.29, 1.82) is 0 Å². The first-order valence-electron chi connectivity index (χ1n) is 19.1. The van der Waals surface area contributed by atoms with Crippen molar-refractivity contribution < 1.29 is 35.9 Å². The SMILES string of the molecule is COc1ccc(N(C)S(=O)(=O)c2cc(Cc3cc(C)ccc3NC(=O)c3cccc(S(=O)(=O)N4c5ccccc5CC4C)c3)cc(C(=O)Nc3ccc(OC)c(Cl)c3)c2)cc1. The lowest BCUT2D eigenvalue weighted by molar-refractivity contribution is 0.101. The molecule has 0 saturated heterocycles. The summed E-state index contributed by atoms with van der Waals surface area (Å²) in [6.45, 7) is 3.73. The molecule has 0 aromatic heterocycles. The van der Waals surface area contributed by atoms with Crippen molar-refractivity contribution in [1.82, 2.24) is 0 Å². The highest BCUT2D eigenvalue weighted by Gasteiger charge is 2.36. The molecule has 2 amide bonds. The van der Waals surface area contributed by atoms with Crippen LogP contribution in [0.4, 0.5) is 22.7 Å². The second-order valence-corrected chi connectivity index (χ2v) is 18.8. The summed E-state index contributed by atoms with van der Waals surface area (Å²) in [5.41, 5.74) is 4.80. The largest absolute Gasteiger partial charge is 0.497 e. The Kier molecular flexibility index (Phi) is 12.1. The molecule has 1 aliphatic rings. The number of methoxy groups -OCH3 is 2. The van der Waals surface area contributed by atoms with Crippen LogP contribution in [-0.2, 0) is 32.9 Å². The van der Waals surface area contributed by atoms with E-state index >= 15 is 0 Å². The van der Waals surface area contributed by atoms with Crippen molar-refractivity contribution in [3.05, 3.63) is 166 Å². The summed E-state index contributed by atoms with van der Waals surface area (Å²) in [6.07, 6.45) is 0.673. The van der Waals surface area contributed by atoms with E-state index in [1.165, 1.54) is 68.0 Å². The number of aryl methyl sites for hydroxylation is 1. The van der Waals surface area contributed by atoms with E-state index in [0.717, 1.165) is 15.4 Å². The maximum absolute atomic E-state index is 14.3. The van der Waals surface area contributed by atoms with Gasteiger partial charge < -0.3 is 20.1 Å². The van der Waals surface area contributed by atoms with Gasteiger partial charge in [-0.05, 0) is 134 Å². The number of benzene rings is 6. The molecule has 1 atom stereocenters. The van der Waals surface area contributed by atoms with E-state index < -0.39 is 31.9 Å². The van der Waals surface area contributed by atoms with Crippen molar-refractivity contribution in [3.63, 3.8) is 0 Å². The zero-order valence-electron chi connectivity index (χ0n) is 34.0. The van der Waals surface area contributed by atoms with Gasteiger partial charge in [0.1, 0.15) is 11.5 Å². The molecule has 12 nitrogen and oxygen atoms in total. The third-order valence-corrected chi connectivity index (χ3v) is 14.4. The number of carbonyl (C=O) groups is 2. The summed E-state index contributed by atoms with van der Waals surface area (Å²) in [5.74, 6) is -0.173. The summed E-state index contributed by atoms with van der Waals surface area (Å²) in [5, 5.41) is 6.01. The van der Waals surface area contributed by atoms with Crippen LogP contribution in [0.2, 0.25) is 5.02 Å². The van der Waals surface area contributed by atoms with Gasteiger partial charge in [-0.3, -0.25) is 18.2 Å². The van der Waals surface area contributed by atoms with E-state index in [0.29, 0.717) is 51.8 Å². The summed E-state index contributed by atoms with van der Waals surface area (Å²) >= 11 is 6.32. The Labute approximate surface area is 360 Å². The summed E-state index contributed by atoms with van der Waals surface area (Å²) in [6, 6.07) is 34.0. The van der Waals surface area contributed by atoms with Gasteiger partial charge in [0.2, 0.25) is 0 Å². The molecule has 0 fully saturated rings. The predicted molar refractivity (Wildman–Crippen MR) is 239 cm³/mol. The lowest BCUT2D eigenvalue weighted by Crippen LogP contribution is -2.35. The Morgan fingerprint density at radius 3 is 2.21 bits per heavy atom. The van der Waals surface area contributed by atoms with Crippen LogP contribution in [0.25, 0.3) is 0 Å². The standard InChI is InChI=1S/C46H43ClN4O8S2/c1-29-13-19-42(49-45(52)33-10-8-11-39(26-33)61(56,57)51-30(2)22-32-9-6-7-12-43(32)51)34(21-29)23-31-24-35(46(53)48-36-14-20-44(59-5)41(47)28-36)27-40(25-31)60(54,55)50(3)37-15-17-38(58-4)18-16-37/h6-21,24-28,30H,22-23H2,1-5H3,(H,48,53)(H,49,52). The zero-order valence-corrected chi connectivity index (χ0v) is 36.4. The first-order chi connectivity index (χ1) is 29.1. The minimum absolute atomic E-state index is 0.0202. The van der Waals surface area contributed by atoms with Crippen molar-refractivity contribution in [2.75, 3.05) is 40.5 Å². The van der Waals surface area contributed by atoms with Crippen LogP contribution in [0, 0.1) is 6.92 Å². The Hall–Kier alpha value is -6.35. The lowest BCUT2D eigenvalue weighted by atomic mass is 9.99. The Morgan fingerprint density at radius 2 is 1.49 bits per heavy atom. The molecule has 1 heterocycles. The minimum Gasteiger partial charge on any atom is -0.497 e. The molecule has 0 saturated carbocycles. The number of hydrogen-bond donors (Lipinski definition) is 2. The number of nitrogens with zero attached hydrogens (tertiary/aromatic N) is 2. The molecule has 61 heavy (non-hydrogen) atoms. The van der Waals surface area contributed by atoms with Crippen LogP contribution in [0.5, 0.6) is 11.5 Å². The number of rotatable bonds is 13. The number of halogens is 1. The van der Waals surface area contributed by atoms with Gasteiger partial charge in [0.05, 0.1) is 40.4 Å². The van der Waals surface area contributed by atoms with Gasteiger partial charge in [-0.1, -0.05) is 53.6 Å². The molecule has 15 heteroatoms. The van der Waals surface area contributed by atoms with Gasteiger partial charge in [-0.15, -0.1) is 0 Å². The Morgan fingerprint density at radius 1 is 0.770 bits per heavy atom. The monoisotopic (exact) mass is 878 g/mol. The average Bonchev–Trinajstić information content (AvgIpc) is 3.60. The minimum atomic E-state index is -4.23. The molecule has 0 aliphatic carbocycles.